The molecule has 1 saturated heterocycles. The predicted octanol–water partition coefficient (Wildman–Crippen LogP) is 1.98. The van der Waals surface area contributed by atoms with Crippen LogP contribution in [0.1, 0.15) is 20.3 Å². The van der Waals surface area contributed by atoms with Crippen LogP contribution in [-0.4, -0.2) is 30.3 Å². The number of hydrogen-bond donors (Lipinski definition) is 0. The maximum absolute atomic E-state index is 11.9. The summed E-state index contributed by atoms with van der Waals surface area (Å²) < 4.78 is 35.6. The number of halogens is 3. The van der Waals surface area contributed by atoms with Gasteiger partial charge in [-0.05, 0) is 18.3 Å². The molecular weight excluding hydrogens is 211 g/mol. The number of hydrogen-bond acceptors (Lipinski definition) is 3. The fourth-order valence-electron chi connectivity index (χ4n) is 1.55. The molecule has 15 heavy (non-hydrogen) atoms. The Labute approximate surface area is 86.1 Å². The van der Waals surface area contributed by atoms with Crippen molar-refractivity contribution >= 4 is 5.97 Å². The Hall–Kier alpha value is -0.780. The molecule has 0 aromatic heterocycles. The molecule has 1 aliphatic rings. The van der Waals surface area contributed by atoms with Crippen LogP contribution in [0.4, 0.5) is 13.2 Å². The molecule has 1 unspecified atom stereocenters. The lowest BCUT2D eigenvalue weighted by molar-refractivity contribution is -0.235. The standard InChI is InChI=1S/C9H14F3NO2/c1-6(2)7-3-4-13(5-7)15-8(14)9(10,11)12/h6-7H,3-5H2,1-2H3. The van der Waals surface area contributed by atoms with E-state index in [2.05, 4.69) is 4.84 Å². The molecule has 1 atom stereocenters. The first-order valence-electron chi connectivity index (χ1n) is 4.84. The maximum Gasteiger partial charge on any atom is 0.492 e. The molecular formula is C9H14F3NO2. The lowest BCUT2D eigenvalue weighted by Gasteiger charge is -2.17. The molecule has 1 rings (SSSR count). The molecule has 0 spiro atoms. The van der Waals surface area contributed by atoms with Gasteiger partial charge in [-0.2, -0.15) is 13.2 Å². The highest BCUT2D eigenvalue weighted by Crippen LogP contribution is 2.25. The summed E-state index contributed by atoms with van der Waals surface area (Å²) in [4.78, 5) is 14.7. The van der Waals surface area contributed by atoms with Gasteiger partial charge in [0.25, 0.3) is 0 Å². The Balaban J connectivity index is 2.40. The SMILES string of the molecule is CC(C)C1CCN(OC(=O)C(F)(F)F)C1. The second kappa shape index (κ2) is 4.38. The van der Waals surface area contributed by atoms with Crippen LogP contribution in [0.15, 0.2) is 0 Å². The zero-order valence-electron chi connectivity index (χ0n) is 8.67. The first-order valence-corrected chi connectivity index (χ1v) is 4.84. The van der Waals surface area contributed by atoms with Gasteiger partial charge in [0, 0.05) is 13.1 Å². The monoisotopic (exact) mass is 225 g/mol. The first-order chi connectivity index (χ1) is 6.80. The lowest BCUT2D eigenvalue weighted by atomic mass is 9.96. The number of nitrogens with zero attached hydrogens (tertiary/aromatic N) is 1. The van der Waals surface area contributed by atoms with Gasteiger partial charge in [0.15, 0.2) is 0 Å². The molecule has 0 radical (unpaired) electrons. The number of rotatable bonds is 2. The van der Waals surface area contributed by atoms with E-state index in [0.29, 0.717) is 24.9 Å². The average Bonchev–Trinajstić information content (AvgIpc) is 2.50. The van der Waals surface area contributed by atoms with E-state index < -0.39 is 12.1 Å². The van der Waals surface area contributed by atoms with Crippen LogP contribution in [0, 0.1) is 11.8 Å². The van der Waals surface area contributed by atoms with Gasteiger partial charge in [0.1, 0.15) is 0 Å². The van der Waals surface area contributed by atoms with Gasteiger partial charge >= 0.3 is 12.1 Å². The fourth-order valence-corrected chi connectivity index (χ4v) is 1.55. The average molecular weight is 225 g/mol. The third-order valence-electron chi connectivity index (χ3n) is 2.57. The molecule has 1 aliphatic heterocycles. The third kappa shape index (κ3) is 3.37. The van der Waals surface area contributed by atoms with Crippen molar-refractivity contribution in [2.24, 2.45) is 11.8 Å². The molecule has 1 heterocycles. The van der Waals surface area contributed by atoms with Gasteiger partial charge in [0.05, 0.1) is 0 Å². The van der Waals surface area contributed by atoms with Gasteiger partial charge in [-0.15, -0.1) is 5.06 Å². The van der Waals surface area contributed by atoms with Gasteiger partial charge < -0.3 is 4.84 Å². The molecule has 6 heteroatoms. The first kappa shape index (κ1) is 12.3. The van der Waals surface area contributed by atoms with Gasteiger partial charge in [-0.1, -0.05) is 13.8 Å². The van der Waals surface area contributed by atoms with Crippen molar-refractivity contribution in [3.63, 3.8) is 0 Å². The zero-order valence-corrected chi connectivity index (χ0v) is 8.67. The second-order valence-corrected chi connectivity index (χ2v) is 4.06. The van der Waals surface area contributed by atoms with E-state index >= 15 is 0 Å². The topological polar surface area (TPSA) is 29.5 Å². The Kier molecular flexibility index (Phi) is 3.59. The molecule has 0 N–H and O–H groups in total. The van der Waals surface area contributed by atoms with Crippen molar-refractivity contribution in [3.05, 3.63) is 0 Å². The van der Waals surface area contributed by atoms with E-state index in [1.165, 1.54) is 0 Å². The summed E-state index contributed by atoms with van der Waals surface area (Å²) in [6.07, 6.45) is -4.14. The largest absolute Gasteiger partial charge is 0.492 e. The van der Waals surface area contributed by atoms with Crippen LogP contribution in [0.3, 0.4) is 0 Å². The Morgan fingerprint density at radius 2 is 2.07 bits per heavy atom. The van der Waals surface area contributed by atoms with Gasteiger partial charge in [0.2, 0.25) is 0 Å². The maximum atomic E-state index is 11.9. The molecule has 3 nitrogen and oxygen atoms in total. The van der Waals surface area contributed by atoms with Crippen molar-refractivity contribution < 1.29 is 22.8 Å². The fraction of sp³-hybridized carbons (Fsp3) is 0.889. The highest BCUT2D eigenvalue weighted by molar-refractivity contribution is 5.75. The summed E-state index contributed by atoms with van der Waals surface area (Å²) in [5, 5.41) is 1.10. The van der Waals surface area contributed by atoms with Crippen LogP contribution in [0.25, 0.3) is 0 Å². The van der Waals surface area contributed by atoms with Crippen molar-refractivity contribution in [1.82, 2.24) is 5.06 Å². The molecule has 0 saturated carbocycles. The molecule has 0 bridgehead atoms. The van der Waals surface area contributed by atoms with Crippen molar-refractivity contribution in [3.8, 4) is 0 Å². The summed E-state index contributed by atoms with van der Waals surface area (Å²) in [6, 6.07) is 0. The Bertz CT molecular complexity index is 240. The van der Waals surface area contributed by atoms with Crippen LogP contribution in [-0.2, 0) is 9.63 Å². The summed E-state index contributed by atoms with van der Waals surface area (Å²) in [7, 11) is 0. The smallest absolute Gasteiger partial charge is 0.361 e. The van der Waals surface area contributed by atoms with Crippen LogP contribution < -0.4 is 0 Å². The Morgan fingerprint density at radius 3 is 2.47 bits per heavy atom. The minimum atomic E-state index is -4.91. The molecule has 0 amide bonds. The number of carbonyl (C=O) groups excluding carboxylic acids is 1. The van der Waals surface area contributed by atoms with Crippen LogP contribution in [0.2, 0.25) is 0 Å². The highest BCUT2D eigenvalue weighted by atomic mass is 19.4. The molecule has 1 fully saturated rings. The molecule has 0 aromatic rings. The van der Waals surface area contributed by atoms with Gasteiger partial charge in [-0.3, -0.25) is 0 Å². The van der Waals surface area contributed by atoms with Gasteiger partial charge in [-0.25, -0.2) is 4.79 Å². The number of hydroxylamine groups is 2. The summed E-state index contributed by atoms with van der Waals surface area (Å²) in [5.41, 5.74) is 0. The van der Waals surface area contributed by atoms with E-state index in [9.17, 15) is 18.0 Å². The van der Waals surface area contributed by atoms with Crippen molar-refractivity contribution in [2.45, 2.75) is 26.4 Å². The van der Waals surface area contributed by atoms with E-state index in [0.717, 1.165) is 11.5 Å². The highest BCUT2D eigenvalue weighted by Gasteiger charge is 2.43. The minimum absolute atomic E-state index is 0.297. The summed E-state index contributed by atoms with van der Waals surface area (Å²) >= 11 is 0. The number of carbonyl (C=O) groups is 1. The predicted molar refractivity (Wildman–Crippen MR) is 46.7 cm³/mol. The van der Waals surface area contributed by atoms with Crippen LogP contribution in [0.5, 0.6) is 0 Å². The Morgan fingerprint density at radius 1 is 1.47 bits per heavy atom. The van der Waals surface area contributed by atoms with E-state index in [1.54, 1.807) is 0 Å². The van der Waals surface area contributed by atoms with E-state index in [-0.39, 0.29) is 0 Å². The quantitative estimate of drug-likeness (QED) is 0.719. The lowest BCUT2D eigenvalue weighted by Crippen LogP contribution is -2.34. The second-order valence-electron chi connectivity index (χ2n) is 4.06. The normalized spacial score (nSPS) is 23.5. The zero-order chi connectivity index (χ0) is 11.6. The molecule has 0 aliphatic carbocycles. The summed E-state index contributed by atoms with van der Waals surface area (Å²) in [6.45, 7) is 4.77. The molecule has 0 aromatic carbocycles. The van der Waals surface area contributed by atoms with Crippen LogP contribution >= 0.6 is 0 Å². The minimum Gasteiger partial charge on any atom is -0.361 e. The van der Waals surface area contributed by atoms with Crippen molar-refractivity contribution in [2.75, 3.05) is 13.1 Å². The summed E-state index contributed by atoms with van der Waals surface area (Å²) in [5.74, 6) is -1.45. The number of alkyl halides is 3. The van der Waals surface area contributed by atoms with E-state index in [4.69, 9.17) is 0 Å². The van der Waals surface area contributed by atoms with Crippen molar-refractivity contribution in [1.29, 1.82) is 0 Å². The molecule has 88 valence electrons. The third-order valence-corrected chi connectivity index (χ3v) is 2.57. The van der Waals surface area contributed by atoms with E-state index in [1.807, 2.05) is 13.8 Å².